The molecule has 0 aromatic carbocycles. The molecule has 0 aromatic heterocycles. The van der Waals surface area contributed by atoms with Gasteiger partial charge < -0.3 is 4.74 Å². The van der Waals surface area contributed by atoms with E-state index in [1.165, 1.54) is 44.9 Å². The highest BCUT2D eigenvalue weighted by atomic mass is 35.7. The van der Waals surface area contributed by atoms with E-state index >= 15 is 0 Å². The summed E-state index contributed by atoms with van der Waals surface area (Å²) < 4.78 is 5.18. The second-order valence-corrected chi connectivity index (χ2v) is 14.2. The van der Waals surface area contributed by atoms with Crippen LogP contribution in [0.25, 0.3) is 0 Å². The first-order valence-corrected chi connectivity index (χ1v) is 13.2. The standard InChI is InChI=1S/C16H32Cl2O2Si/c1-3-4-5-6-7-8-9-10-11-13-16(19)20-14-12-15-21(2,17)18/h3-15H2,1-2H3. The minimum Gasteiger partial charge on any atom is -0.466 e. The third kappa shape index (κ3) is 18.2. The largest absolute Gasteiger partial charge is 0.466 e. The molecule has 0 atom stereocenters. The summed E-state index contributed by atoms with van der Waals surface area (Å²) in [5, 5.41) is 0. The number of hydrogen-bond donors (Lipinski definition) is 0. The van der Waals surface area contributed by atoms with Crippen molar-refractivity contribution in [1.82, 2.24) is 0 Å². The molecule has 21 heavy (non-hydrogen) atoms. The van der Waals surface area contributed by atoms with Crippen molar-refractivity contribution in [3.8, 4) is 0 Å². The molecule has 0 bridgehead atoms. The lowest BCUT2D eigenvalue weighted by Crippen LogP contribution is -2.14. The zero-order valence-corrected chi connectivity index (χ0v) is 16.3. The van der Waals surface area contributed by atoms with Crippen molar-refractivity contribution in [2.75, 3.05) is 6.61 Å². The zero-order valence-electron chi connectivity index (χ0n) is 13.8. The van der Waals surface area contributed by atoms with Crippen molar-refractivity contribution in [2.24, 2.45) is 0 Å². The Morgan fingerprint density at radius 1 is 0.905 bits per heavy atom. The van der Waals surface area contributed by atoms with Crippen LogP contribution in [0.3, 0.4) is 0 Å². The summed E-state index contributed by atoms with van der Waals surface area (Å²) >= 11 is 12.0. The number of unbranched alkanes of at least 4 members (excludes halogenated alkanes) is 8. The Morgan fingerprint density at radius 2 is 1.43 bits per heavy atom. The van der Waals surface area contributed by atoms with Gasteiger partial charge in [-0.2, -0.15) is 0 Å². The van der Waals surface area contributed by atoms with E-state index in [9.17, 15) is 4.79 Å². The molecule has 5 heteroatoms. The molecule has 0 amide bonds. The number of ether oxygens (including phenoxy) is 1. The van der Waals surface area contributed by atoms with Crippen LogP contribution in [0.1, 0.15) is 77.6 Å². The van der Waals surface area contributed by atoms with E-state index in [-0.39, 0.29) is 5.97 Å². The quantitative estimate of drug-likeness (QED) is 0.156. The number of rotatable bonds is 14. The molecule has 0 radical (unpaired) electrons. The van der Waals surface area contributed by atoms with Gasteiger partial charge in [0.05, 0.1) is 6.61 Å². The first-order valence-electron chi connectivity index (χ1n) is 8.49. The second kappa shape index (κ2) is 13.9. The van der Waals surface area contributed by atoms with Crippen LogP contribution < -0.4 is 0 Å². The Balaban J connectivity index is 3.23. The molecule has 0 aliphatic carbocycles. The molecule has 0 saturated heterocycles. The number of hydrogen-bond acceptors (Lipinski definition) is 2. The first kappa shape index (κ1) is 21.3. The van der Waals surface area contributed by atoms with Crippen molar-refractivity contribution in [3.63, 3.8) is 0 Å². The summed E-state index contributed by atoms with van der Waals surface area (Å²) in [6.07, 6.45) is 12.7. The maximum atomic E-state index is 11.5. The molecule has 0 saturated carbocycles. The third-order valence-electron chi connectivity index (χ3n) is 3.51. The summed E-state index contributed by atoms with van der Waals surface area (Å²) in [5.41, 5.74) is 0. The molecule has 0 aliphatic rings. The van der Waals surface area contributed by atoms with Crippen LogP contribution in [-0.4, -0.2) is 19.3 Å². The van der Waals surface area contributed by atoms with E-state index in [1.807, 2.05) is 6.55 Å². The Labute approximate surface area is 141 Å². The van der Waals surface area contributed by atoms with Gasteiger partial charge >= 0.3 is 5.97 Å². The highest BCUT2D eigenvalue weighted by Crippen LogP contribution is 2.21. The van der Waals surface area contributed by atoms with Gasteiger partial charge in [0.25, 0.3) is 0 Å². The normalized spacial score (nSPS) is 11.6. The van der Waals surface area contributed by atoms with Gasteiger partial charge in [-0.1, -0.05) is 58.3 Å². The van der Waals surface area contributed by atoms with E-state index < -0.39 is 6.69 Å². The lowest BCUT2D eigenvalue weighted by molar-refractivity contribution is -0.143. The average Bonchev–Trinajstić information content (AvgIpc) is 2.41. The zero-order chi connectivity index (χ0) is 16.0. The Kier molecular flexibility index (Phi) is 14.1. The van der Waals surface area contributed by atoms with E-state index in [1.54, 1.807) is 0 Å². The van der Waals surface area contributed by atoms with Crippen molar-refractivity contribution in [1.29, 1.82) is 0 Å². The predicted octanol–water partition coefficient (Wildman–Crippen LogP) is 6.39. The molecule has 0 aliphatic heterocycles. The maximum Gasteiger partial charge on any atom is 0.305 e. The van der Waals surface area contributed by atoms with Crippen LogP contribution in [0.2, 0.25) is 12.6 Å². The monoisotopic (exact) mass is 354 g/mol. The van der Waals surface area contributed by atoms with Crippen molar-refractivity contribution in [3.05, 3.63) is 0 Å². The molecule has 0 rings (SSSR count). The van der Waals surface area contributed by atoms with E-state index in [0.717, 1.165) is 25.3 Å². The van der Waals surface area contributed by atoms with Crippen LogP contribution in [0.4, 0.5) is 0 Å². The topological polar surface area (TPSA) is 26.3 Å². The van der Waals surface area contributed by atoms with Gasteiger partial charge in [0.2, 0.25) is 6.69 Å². The molecule has 0 heterocycles. The number of halogens is 2. The highest BCUT2D eigenvalue weighted by Gasteiger charge is 2.19. The molecule has 0 N–H and O–H groups in total. The molecular formula is C16H32Cl2O2Si. The van der Waals surface area contributed by atoms with Crippen LogP contribution >= 0.6 is 22.2 Å². The molecule has 0 aromatic rings. The predicted molar refractivity (Wildman–Crippen MR) is 95.6 cm³/mol. The fraction of sp³-hybridized carbons (Fsp3) is 0.938. The molecule has 126 valence electrons. The first-order chi connectivity index (χ1) is 9.95. The van der Waals surface area contributed by atoms with Gasteiger partial charge in [-0.3, -0.25) is 4.79 Å². The van der Waals surface area contributed by atoms with E-state index in [0.29, 0.717) is 13.0 Å². The fourth-order valence-corrected chi connectivity index (χ4v) is 3.79. The Hall–Kier alpha value is 0.267. The van der Waals surface area contributed by atoms with Gasteiger partial charge in [-0.05, 0) is 25.4 Å². The molecule has 0 spiro atoms. The van der Waals surface area contributed by atoms with Gasteiger partial charge in [-0.15, -0.1) is 22.2 Å². The summed E-state index contributed by atoms with van der Waals surface area (Å²) in [4.78, 5) is 11.5. The number of carbonyl (C=O) groups excluding carboxylic acids is 1. The lowest BCUT2D eigenvalue weighted by Gasteiger charge is -2.09. The number of carbonyl (C=O) groups is 1. The molecule has 2 nitrogen and oxygen atoms in total. The van der Waals surface area contributed by atoms with E-state index in [2.05, 4.69) is 6.92 Å². The SMILES string of the molecule is CCCCCCCCCCCC(=O)OCCC[Si](C)(Cl)Cl. The average molecular weight is 355 g/mol. The van der Waals surface area contributed by atoms with Gasteiger partial charge in [-0.25, -0.2) is 0 Å². The second-order valence-electron chi connectivity index (χ2n) is 5.97. The summed E-state index contributed by atoms with van der Waals surface area (Å²) in [5.74, 6) is -0.0783. The minimum atomic E-state index is -2.03. The molecule has 0 fully saturated rings. The number of esters is 1. The fourth-order valence-electron chi connectivity index (χ4n) is 2.22. The maximum absolute atomic E-state index is 11.5. The van der Waals surface area contributed by atoms with Crippen LogP contribution in [0, 0.1) is 0 Å². The Morgan fingerprint density at radius 3 is 1.95 bits per heavy atom. The highest BCUT2D eigenvalue weighted by molar-refractivity contribution is 7.44. The van der Waals surface area contributed by atoms with Crippen molar-refractivity contribution < 1.29 is 9.53 Å². The summed E-state index contributed by atoms with van der Waals surface area (Å²) in [6, 6.07) is 0.779. The van der Waals surface area contributed by atoms with Crippen LogP contribution in [-0.2, 0) is 9.53 Å². The third-order valence-corrected chi connectivity index (χ3v) is 5.87. The summed E-state index contributed by atoms with van der Waals surface area (Å²) in [7, 11) is 0. The van der Waals surface area contributed by atoms with Crippen molar-refractivity contribution in [2.45, 2.75) is 90.1 Å². The smallest absolute Gasteiger partial charge is 0.305 e. The van der Waals surface area contributed by atoms with Gasteiger partial charge in [0, 0.05) is 6.42 Å². The Bertz CT molecular complexity index is 255. The summed E-state index contributed by atoms with van der Waals surface area (Å²) in [6.45, 7) is 2.56. The lowest BCUT2D eigenvalue weighted by atomic mass is 10.1. The van der Waals surface area contributed by atoms with Crippen LogP contribution in [0.5, 0.6) is 0 Å². The van der Waals surface area contributed by atoms with E-state index in [4.69, 9.17) is 26.9 Å². The van der Waals surface area contributed by atoms with Gasteiger partial charge in [0.15, 0.2) is 0 Å². The molecular weight excluding hydrogens is 323 g/mol. The van der Waals surface area contributed by atoms with Crippen LogP contribution in [0.15, 0.2) is 0 Å². The molecule has 0 unspecified atom stereocenters. The minimum absolute atomic E-state index is 0.0783. The van der Waals surface area contributed by atoms with Crippen molar-refractivity contribution >= 4 is 34.8 Å². The van der Waals surface area contributed by atoms with Gasteiger partial charge in [0.1, 0.15) is 0 Å².